The molecule has 24 heavy (non-hydrogen) atoms. The fourth-order valence-corrected chi connectivity index (χ4v) is 2.36. The van der Waals surface area contributed by atoms with Crippen LogP contribution in [0.3, 0.4) is 0 Å². The topological polar surface area (TPSA) is 42.2 Å². The number of fused-ring (bicyclic) bond motifs is 1. The summed E-state index contributed by atoms with van der Waals surface area (Å²) in [6.07, 6.45) is 1.77. The zero-order valence-electron chi connectivity index (χ0n) is 15.2. The van der Waals surface area contributed by atoms with Gasteiger partial charge in [-0.1, -0.05) is 46.8 Å². The molecular formula is C19H25FN4. The minimum atomic E-state index is -0.250. The molecule has 4 nitrogen and oxygen atoms in total. The Bertz CT molecular complexity index is 814. The van der Waals surface area contributed by atoms with Crippen LogP contribution >= 0.6 is 0 Å². The monoisotopic (exact) mass is 328 g/mol. The van der Waals surface area contributed by atoms with E-state index < -0.39 is 0 Å². The Morgan fingerprint density at radius 2 is 1.71 bits per heavy atom. The maximum absolute atomic E-state index is 13.1. The summed E-state index contributed by atoms with van der Waals surface area (Å²) in [4.78, 5) is 4.78. The van der Waals surface area contributed by atoms with Gasteiger partial charge >= 0.3 is 0 Å². The standard InChI is InChI=1S/C17H19FN4.C2H6/c1-17(2,3)14-9-15(19-4)22-16(21-14)13(10-20-22)11-5-7-12(18)8-6-11;1-2/h5-10,19H,1-4H3;1-2H3. The van der Waals surface area contributed by atoms with Gasteiger partial charge in [0.25, 0.3) is 0 Å². The van der Waals surface area contributed by atoms with Crippen LogP contribution in [0.1, 0.15) is 40.3 Å². The van der Waals surface area contributed by atoms with Crippen molar-refractivity contribution in [3.63, 3.8) is 0 Å². The van der Waals surface area contributed by atoms with Gasteiger partial charge in [0.05, 0.1) is 11.9 Å². The Morgan fingerprint density at radius 1 is 1.08 bits per heavy atom. The van der Waals surface area contributed by atoms with E-state index in [0.29, 0.717) is 0 Å². The molecule has 0 bridgehead atoms. The number of nitrogens with one attached hydrogen (secondary N) is 1. The minimum absolute atomic E-state index is 0.0717. The van der Waals surface area contributed by atoms with Crippen molar-refractivity contribution in [2.24, 2.45) is 0 Å². The Morgan fingerprint density at radius 3 is 2.25 bits per heavy atom. The van der Waals surface area contributed by atoms with Crippen LogP contribution in [-0.2, 0) is 5.41 Å². The third-order valence-electron chi connectivity index (χ3n) is 3.65. The first-order valence-corrected chi connectivity index (χ1v) is 8.23. The molecule has 0 fully saturated rings. The van der Waals surface area contributed by atoms with Crippen LogP contribution in [0.15, 0.2) is 36.5 Å². The third kappa shape index (κ3) is 3.40. The number of hydrogen-bond donors (Lipinski definition) is 1. The van der Waals surface area contributed by atoms with Crippen LogP contribution in [0.25, 0.3) is 16.8 Å². The summed E-state index contributed by atoms with van der Waals surface area (Å²) in [5, 5.41) is 7.57. The number of hydrogen-bond acceptors (Lipinski definition) is 3. The van der Waals surface area contributed by atoms with E-state index in [2.05, 4.69) is 31.2 Å². The quantitative estimate of drug-likeness (QED) is 0.727. The molecule has 1 N–H and O–H groups in total. The molecule has 1 aromatic carbocycles. The summed E-state index contributed by atoms with van der Waals surface area (Å²) >= 11 is 0. The summed E-state index contributed by atoms with van der Waals surface area (Å²) in [5.41, 5.74) is 3.47. The van der Waals surface area contributed by atoms with Crippen molar-refractivity contribution in [2.75, 3.05) is 12.4 Å². The van der Waals surface area contributed by atoms with Gasteiger partial charge in [0, 0.05) is 24.1 Å². The SMILES string of the molecule is CC.CNc1cc(C(C)(C)C)nc2c(-c3ccc(F)cc3)cnn12. The van der Waals surface area contributed by atoms with Gasteiger partial charge in [-0.25, -0.2) is 9.37 Å². The number of halogens is 1. The van der Waals surface area contributed by atoms with Crippen LogP contribution in [0.5, 0.6) is 0 Å². The van der Waals surface area contributed by atoms with Crippen molar-refractivity contribution in [3.8, 4) is 11.1 Å². The van der Waals surface area contributed by atoms with E-state index in [0.717, 1.165) is 28.3 Å². The normalized spacial score (nSPS) is 11.1. The van der Waals surface area contributed by atoms with Gasteiger partial charge in [0.2, 0.25) is 0 Å². The second kappa shape index (κ2) is 6.99. The van der Waals surface area contributed by atoms with E-state index in [9.17, 15) is 4.39 Å². The van der Waals surface area contributed by atoms with Crippen LogP contribution in [0.4, 0.5) is 10.2 Å². The second-order valence-electron chi connectivity index (χ2n) is 6.33. The van der Waals surface area contributed by atoms with Crippen LogP contribution in [0, 0.1) is 5.82 Å². The molecule has 3 rings (SSSR count). The Balaban J connectivity index is 0.00000100. The fraction of sp³-hybridized carbons (Fsp3) is 0.368. The predicted octanol–water partition coefficient (Wildman–Crippen LogP) is 4.90. The van der Waals surface area contributed by atoms with Gasteiger partial charge in [-0.3, -0.25) is 0 Å². The average Bonchev–Trinajstić information content (AvgIpc) is 3.00. The maximum Gasteiger partial charge on any atom is 0.165 e. The van der Waals surface area contributed by atoms with Gasteiger partial charge in [-0.05, 0) is 17.7 Å². The van der Waals surface area contributed by atoms with Gasteiger partial charge in [0.15, 0.2) is 5.65 Å². The molecular weight excluding hydrogens is 303 g/mol. The van der Waals surface area contributed by atoms with Crippen molar-refractivity contribution in [2.45, 2.75) is 40.0 Å². The van der Waals surface area contributed by atoms with Crippen molar-refractivity contribution in [1.82, 2.24) is 14.6 Å². The van der Waals surface area contributed by atoms with E-state index in [4.69, 9.17) is 4.98 Å². The van der Waals surface area contributed by atoms with Crippen molar-refractivity contribution in [3.05, 3.63) is 48.0 Å². The van der Waals surface area contributed by atoms with Gasteiger partial charge < -0.3 is 5.32 Å². The molecule has 0 saturated carbocycles. The maximum atomic E-state index is 13.1. The predicted molar refractivity (Wildman–Crippen MR) is 98.0 cm³/mol. The van der Waals surface area contributed by atoms with Gasteiger partial charge in [-0.15, -0.1) is 0 Å². The molecule has 3 aromatic rings. The highest BCUT2D eigenvalue weighted by Gasteiger charge is 2.20. The smallest absolute Gasteiger partial charge is 0.165 e. The number of nitrogens with zero attached hydrogens (tertiary/aromatic N) is 3. The zero-order chi connectivity index (χ0) is 17.9. The highest BCUT2D eigenvalue weighted by Crippen LogP contribution is 2.29. The van der Waals surface area contributed by atoms with Gasteiger partial charge in [0.1, 0.15) is 11.6 Å². The average molecular weight is 328 g/mol. The number of rotatable bonds is 2. The summed E-state index contributed by atoms with van der Waals surface area (Å²) < 4.78 is 14.9. The van der Waals surface area contributed by atoms with Crippen LogP contribution in [0.2, 0.25) is 0 Å². The summed E-state index contributed by atoms with van der Waals surface area (Å²) in [7, 11) is 1.86. The lowest BCUT2D eigenvalue weighted by Crippen LogP contribution is -2.15. The van der Waals surface area contributed by atoms with Gasteiger partial charge in [-0.2, -0.15) is 9.61 Å². The largest absolute Gasteiger partial charge is 0.373 e. The fourth-order valence-electron chi connectivity index (χ4n) is 2.36. The van der Waals surface area contributed by atoms with E-state index in [1.807, 2.05) is 27.0 Å². The van der Waals surface area contributed by atoms with Crippen molar-refractivity contribution >= 4 is 11.5 Å². The highest BCUT2D eigenvalue weighted by atomic mass is 19.1. The molecule has 0 amide bonds. The van der Waals surface area contributed by atoms with Crippen LogP contribution < -0.4 is 5.32 Å². The zero-order valence-corrected chi connectivity index (χ0v) is 15.2. The van der Waals surface area contributed by atoms with Crippen LogP contribution in [-0.4, -0.2) is 21.6 Å². The Kier molecular flexibility index (Phi) is 5.22. The molecule has 2 aromatic heterocycles. The van der Waals surface area contributed by atoms with E-state index in [1.54, 1.807) is 22.8 Å². The molecule has 0 spiro atoms. The van der Waals surface area contributed by atoms with Crippen molar-refractivity contribution in [1.29, 1.82) is 0 Å². The molecule has 2 heterocycles. The third-order valence-corrected chi connectivity index (χ3v) is 3.65. The molecule has 0 aliphatic rings. The lowest BCUT2D eigenvalue weighted by atomic mass is 9.92. The Labute approximate surface area is 142 Å². The molecule has 0 radical (unpaired) electrons. The molecule has 0 aliphatic carbocycles. The molecule has 5 heteroatoms. The molecule has 0 saturated heterocycles. The van der Waals surface area contributed by atoms with E-state index >= 15 is 0 Å². The molecule has 0 atom stereocenters. The van der Waals surface area contributed by atoms with Crippen molar-refractivity contribution < 1.29 is 4.39 Å². The summed E-state index contributed by atoms with van der Waals surface area (Å²) in [5.74, 6) is 0.628. The number of benzene rings is 1. The Hall–Kier alpha value is -2.43. The highest BCUT2D eigenvalue weighted by molar-refractivity contribution is 5.78. The molecule has 0 unspecified atom stereocenters. The first-order chi connectivity index (χ1) is 11.4. The lowest BCUT2D eigenvalue weighted by Gasteiger charge is -2.19. The number of aromatic nitrogens is 3. The first kappa shape index (κ1) is 17.9. The molecule has 128 valence electrons. The molecule has 0 aliphatic heterocycles. The first-order valence-electron chi connectivity index (χ1n) is 8.23. The summed E-state index contributed by atoms with van der Waals surface area (Å²) in [6, 6.07) is 8.40. The lowest BCUT2D eigenvalue weighted by molar-refractivity contribution is 0.569. The summed E-state index contributed by atoms with van der Waals surface area (Å²) in [6.45, 7) is 10.4. The minimum Gasteiger partial charge on any atom is -0.373 e. The second-order valence-corrected chi connectivity index (χ2v) is 6.33. The van der Waals surface area contributed by atoms with E-state index in [-0.39, 0.29) is 11.2 Å². The number of anilines is 1. The van der Waals surface area contributed by atoms with E-state index in [1.165, 1.54) is 12.1 Å².